The number of hydrogen-bond acceptors (Lipinski definition) is 3. The molecule has 0 radical (unpaired) electrons. The van der Waals surface area contributed by atoms with Gasteiger partial charge in [0.2, 0.25) is 0 Å². The number of piperazine rings is 1. The summed E-state index contributed by atoms with van der Waals surface area (Å²) in [4.78, 5) is 2.50. The summed E-state index contributed by atoms with van der Waals surface area (Å²) in [5.41, 5.74) is 2.49. The fourth-order valence-corrected chi connectivity index (χ4v) is 2.50. The van der Waals surface area contributed by atoms with Crippen molar-refractivity contribution < 1.29 is 0 Å². The summed E-state index contributed by atoms with van der Waals surface area (Å²) < 4.78 is 0. The Hall–Kier alpha value is -1.10. The molecule has 1 atom stereocenters. The third kappa shape index (κ3) is 2.83. The number of halogens is 1. The van der Waals surface area contributed by atoms with Gasteiger partial charge in [0.1, 0.15) is 0 Å². The Morgan fingerprint density at radius 2 is 2.33 bits per heavy atom. The summed E-state index contributed by atoms with van der Waals surface area (Å²) in [7, 11) is 0. The van der Waals surface area contributed by atoms with E-state index in [2.05, 4.69) is 45.5 Å². The molecule has 2 N–H and O–H groups in total. The van der Waals surface area contributed by atoms with Crippen molar-refractivity contribution in [1.82, 2.24) is 20.4 Å². The third-order valence-corrected chi connectivity index (χ3v) is 3.37. The monoisotopic (exact) mass is 266 g/mol. The first kappa shape index (κ1) is 13.3. The summed E-state index contributed by atoms with van der Waals surface area (Å²) in [6, 6.07) is 7.14. The van der Waals surface area contributed by atoms with Gasteiger partial charge in [-0.2, -0.15) is 5.10 Å². The van der Waals surface area contributed by atoms with Crippen molar-refractivity contribution in [1.29, 1.82) is 0 Å². The topological polar surface area (TPSA) is 44.0 Å². The first-order valence-electron chi connectivity index (χ1n) is 6.19. The van der Waals surface area contributed by atoms with Crippen LogP contribution in [0.2, 0.25) is 0 Å². The summed E-state index contributed by atoms with van der Waals surface area (Å²) in [6.45, 7) is 6.62. The Kier molecular flexibility index (Phi) is 4.22. The minimum Gasteiger partial charge on any atom is -0.312 e. The SMILES string of the molecule is C[C@@H]1CN(Cc2ccc3cn[nH]c3c2)CCN1.Cl. The first-order chi connectivity index (χ1) is 8.31. The van der Waals surface area contributed by atoms with E-state index in [0.29, 0.717) is 6.04 Å². The van der Waals surface area contributed by atoms with Gasteiger partial charge in [-0.3, -0.25) is 10.00 Å². The summed E-state index contributed by atoms with van der Waals surface area (Å²) >= 11 is 0. The predicted octanol–water partition coefficient (Wildman–Crippen LogP) is 1.78. The second-order valence-electron chi connectivity index (χ2n) is 4.88. The number of benzene rings is 1. The van der Waals surface area contributed by atoms with Crippen molar-refractivity contribution in [3.8, 4) is 0 Å². The van der Waals surface area contributed by atoms with E-state index in [9.17, 15) is 0 Å². The van der Waals surface area contributed by atoms with Crippen molar-refractivity contribution in [3.05, 3.63) is 30.0 Å². The molecular formula is C13H19ClN4. The van der Waals surface area contributed by atoms with Crippen molar-refractivity contribution in [2.75, 3.05) is 19.6 Å². The lowest BCUT2D eigenvalue weighted by atomic mass is 10.1. The minimum absolute atomic E-state index is 0. The highest BCUT2D eigenvalue weighted by Gasteiger charge is 2.15. The quantitative estimate of drug-likeness (QED) is 0.871. The average Bonchev–Trinajstić information content (AvgIpc) is 2.76. The smallest absolute Gasteiger partial charge is 0.0653 e. The largest absolute Gasteiger partial charge is 0.312 e. The van der Waals surface area contributed by atoms with E-state index < -0.39 is 0 Å². The molecule has 5 heteroatoms. The maximum absolute atomic E-state index is 4.05. The van der Waals surface area contributed by atoms with E-state index in [-0.39, 0.29) is 12.4 Å². The molecule has 0 aliphatic carbocycles. The lowest BCUT2D eigenvalue weighted by Gasteiger charge is -2.31. The molecule has 0 amide bonds. The molecule has 1 aliphatic rings. The number of nitrogens with zero attached hydrogens (tertiary/aromatic N) is 2. The number of nitrogens with one attached hydrogen (secondary N) is 2. The van der Waals surface area contributed by atoms with Gasteiger partial charge in [0.05, 0.1) is 11.7 Å². The third-order valence-electron chi connectivity index (χ3n) is 3.37. The number of aromatic amines is 1. The molecule has 98 valence electrons. The maximum atomic E-state index is 4.05. The Balaban J connectivity index is 0.00000120. The van der Waals surface area contributed by atoms with E-state index in [0.717, 1.165) is 31.7 Å². The number of rotatable bonds is 2. The molecule has 0 spiro atoms. The van der Waals surface area contributed by atoms with Crippen LogP contribution in [0.3, 0.4) is 0 Å². The fraction of sp³-hybridized carbons (Fsp3) is 0.462. The highest BCUT2D eigenvalue weighted by Crippen LogP contribution is 2.15. The highest BCUT2D eigenvalue weighted by molar-refractivity contribution is 5.85. The molecule has 0 saturated carbocycles. The van der Waals surface area contributed by atoms with Crippen LogP contribution in [0, 0.1) is 0 Å². The fourth-order valence-electron chi connectivity index (χ4n) is 2.50. The van der Waals surface area contributed by atoms with Crippen LogP contribution >= 0.6 is 12.4 Å². The molecule has 1 saturated heterocycles. The zero-order valence-electron chi connectivity index (χ0n) is 10.5. The highest BCUT2D eigenvalue weighted by atomic mass is 35.5. The minimum atomic E-state index is 0. The molecule has 2 aromatic rings. The van der Waals surface area contributed by atoms with E-state index >= 15 is 0 Å². The van der Waals surface area contributed by atoms with Crippen LogP contribution in [0.4, 0.5) is 0 Å². The molecule has 4 nitrogen and oxygen atoms in total. The molecular weight excluding hydrogens is 248 g/mol. The Labute approximate surface area is 113 Å². The van der Waals surface area contributed by atoms with Crippen molar-refractivity contribution in [3.63, 3.8) is 0 Å². The lowest BCUT2D eigenvalue weighted by molar-refractivity contribution is 0.200. The summed E-state index contributed by atoms with van der Waals surface area (Å²) in [5.74, 6) is 0. The van der Waals surface area contributed by atoms with Crippen LogP contribution in [-0.2, 0) is 6.54 Å². The lowest BCUT2D eigenvalue weighted by Crippen LogP contribution is -2.48. The molecule has 1 aromatic heterocycles. The summed E-state index contributed by atoms with van der Waals surface area (Å²) in [5, 5.41) is 11.7. The second kappa shape index (κ2) is 5.69. The van der Waals surface area contributed by atoms with Gasteiger partial charge in [0.25, 0.3) is 0 Å². The normalized spacial score (nSPS) is 20.8. The van der Waals surface area contributed by atoms with Gasteiger partial charge < -0.3 is 5.32 Å². The molecule has 1 fully saturated rings. The standard InChI is InChI=1S/C13H18N4.ClH/c1-10-8-17(5-4-14-10)9-11-2-3-12-7-15-16-13(12)6-11;/h2-3,6-7,10,14H,4-5,8-9H2,1H3,(H,15,16);1H/t10-;/m1./s1. The Bertz CT molecular complexity index is 510. The van der Waals surface area contributed by atoms with Crippen LogP contribution < -0.4 is 5.32 Å². The maximum Gasteiger partial charge on any atom is 0.0653 e. The van der Waals surface area contributed by atoms with Crippen LogP contribution in [0.15, 0.2) is 24.4 Å². The van der Waals surface area contributed by atoms with E-state index in [1.54, 1.807) is 0 Å². The van der Waals surface area contributed by atoms with Gasteiger partial charge in [0.15, 0.2) is 0 Å². The zero-order valence-corrected chi connectivity index (χ0v) is 11.3. The van der Waals surface area contributed by atoms with Gasteiger partial charge >= 0.3 is 0 Å². The van der Waals surface area contributed by atoms with Gasteiger partial charge in [-0.1, -0.05) is 12.1 Å². The molecule has 0 bridgehead atoms. The van der Waals surface area contributed by atoms with Gasteiger partial charge in [-0.15, -0.1) is 12.4 Å². The average molecular weight is 267 g/mol. The molecule has 1 aromatic carbocycles. The van der Waals surface area contributed by atoms with Crippen molar-refractivity contribution in [2.24, 2.45) is 0 Å². The number of hydrogen-bond donors (Lipinski definition) is 2. The molecule has 1 aliphatic heterocycles. The van der Waals surface area contributed by atoms with Crippen molar-refractivity contribution >= 4 is 23.3 Å². The summed E-state index contributed by atoms with van der Waals surface area (Å²) in [6.07, 6.45) is 1.87. The van der Waals surface area contributed by atoms with Crippen LogP contribution in [0.1, 0.15) is 12.5 Å². The second-order valence-corrected chi connectivity index (χ2v) is 4.88. The van der Waals surface area contributed by atoms with E-state index in [1.807, 2.05) is 6.20 Å². The van der Waals surface area contributed by atoms with E-state index in [1.165, 1.54) is 10.9 Å². The van der Waals surface area contributed by atoms with Crippen LogP contribution in [-0.4, -0.2) is 40.8 Å². The number of aromatic nitrogens is 2. The predicted molar refractivity (Wildman–Crippen MR) is 76.1 cm³/mol. The van der Waals surface area contributed by atoms with Gasteiger partial charge in [-0.05, 0) is 18.6 Å². The Morgan fingerprint density at radius 3 is 3.17 bits per heavy atom. The van der Waals surface area contributed by atoms with Crippen LogP contribution in [0.25, 0.3) is 10.9 Å². The number of fused-ring (bicyclic) bond motifs is 1. The Morgan fingerprint density at radius 1 is 1.44 bits per heavy atom. The van der Waals surface area contributed by atoms with Crippen molar-refractivity contribution in [2.45, 2.75) is 19.5 Å². The molecule has 18 heavy (non-hydrogen) atoms. The molecule has 3 rings (SSSR count). The first-order valence-corrected chi connectivity index (χ1v) is 6.19. The molecule has 2 heterocycles. The van der Waals surface area contributed by atoms with Gasteiger partial charge in [0, 0.05) is 37.6 Å². The zero-order chi connectivity index (χ0) is 11.7. The number of H-pyrrole nitrogens is 1. The molecule has 0 unspecified atom stereocenters. The van der Waals surface area contributed by atoms with E-state index in [4.69, 9.17) is 0 Å². The van der Waals surface area contributed by atoms with Gasteiger partial charge in [-0.25, -0.2) is 0 Å². The van der Waals surface area contributed by atoms with Crippen LogP contribution in [0.5, 0.6) is 0 Å².